The molecule has 1 atom stereocenters. The number of Topliss-reactive ketones (excluding diaryl/α,β-unsaturated/α-hetero) is 1. The first kappa shape index (κ1) is 16.5. The number of aryl methyl sites for hydroxylation is 1. The lowest BCUT2D eigenvalue weighted by atomic mass is 9.97. The molecule has 1 saturated heterocycles. The molecule has 0 N–H and O–H groups in total. The molecule has 1 aliphatic rings. The number of methoxy groups -OCH3 is 2. The van der Waals surface area contributed by atoms with Crippen molar-refractivity contribution in [1.29, 1.82) is 0 Å². The molecular weight excluding hydrogens is 308 g/mol. The van der Waals surface area contributed by atoms with Crippen LogP contribution in [-0.4, -0.2) is 36.6 Å². The summed E-state index contributed by atoms with van der Waals surface area (Å²) >= 11 is 0. The maximum Gasteiger partial charge on any atom is 0.154 e. The van der Waals surface area contributed by atoms with Crippen LogP contribution < -0.4 is 9.47 Å². The third-order valence-electron chi connectivity index (χ3n) is 4.38. The highest BCUT2D eigenvalue weighted by molar-refractivity contribution is 5.80. The molecule has 24 heavy (non-hydrogen) atoms. The first-order valence-electron chi connectivity index (χ1n) is 8.00. The fourth-order valence-corrected chi connectivity index (χ4v) is 3.08. The molecule has 0 spiro atoms. The Kier molecular flexibility index (Phi) is 4.85. The highest BCUT2D eigenvalue weighted by Gasteiger charge is 2.31. The van der Waals surface area contributed by atoms with Crippen LogP contribution in [0.4, 0.5) is 0 Å². The predicted molar refractivity (Wildman–Crippen MR) is 88.2 cm³/mol. The summed E-state index contributed by atoms with van der Waals surface area (Å²) < 4.78 is 16.2. The molecule has 0 saturated carbocycles. The van der Waals surface area contributed by atoms with Gasteiger partial charge in [0.1, 0.15) is 17.3 Å². The van der Waals surface area contributed by atoms with Crippen molar-refractivity contribution in [3.8, 4) is 11.5 Å². The minimum atomic E-state index is -0.0840. The summed E-state index contributed by atoms with van der Waals surface area (Å²) in [6.45, 7) is 3.25. The lowest BCUT2D eigenvalue weighted by Crippen LogP contribution is -2.36. The monoisotopic (exact) mass is 330 g/mol. The van der Waals surface area contributed by atoms with E-state index in [0.717, 1.165) is 28.5 Å². The Hall–Kier alpha value is -2.34. The number of piperidine rings is 1. The molecule has 1 aromatic carbocycles. The van der Waals surface area contributed by atoms with Crippen molar-refractivity contribution in [1.82, 2.24) is 10.1 Å². The van der Waals surface area contributed by atoms with E-state index < -0.39 is 0 Å². The second-order valence-electron chi connectivity index (χ2n) is 6.03. The molecule has 0 aliphatic carbocycles. The number of nitrogens with zero attached hydrogens (tertiary/aromatic N) is 2. The normalized spacial score (nSPS) is 18.6. The van der Waals surface area contributed by atoms with E-state index in [1.807, 2.05) is 31.2 Å². The Morgan fingerprint density at radius 2 is 2.12 bits per heavy atom. The zero-order valence-electron chi connectivity index (χ0n) is 14.2. The molecule has 0 amide bonds. The third kappa shape index (κ3) is 3.43. The highest BCUT2D eigenvalue weighted by Crippen LogP contribution is 2.33. The van der Waals surface area contributed by atoms with Crippen LogP contribution in [0, 0.1) is 6.92 Å². The molecule has 1 unspecified atom stereocenters. The Morgan fingerprint density at radius 1 is 1.29 bits per heavy atom. The summed E-state index contributed by atoms with van der Waals surface area (Å²) in [6, 6.07) is 7.61. The second-order valence-corrected chi connectivity index (χ2v) is 6.03. The van der Waals surface area contributed by atoms with Crippen LogP contribution in [0.2, 0.25) is 0 Å². The van der Waals surface area contributed by atoms with Gasteiger partial charge in [-0.2, -0.15) is 0 Å². The van der Waals surface area contributed by atoms with E-state index in [-0.39, 0.29) is 11.8 Å². The number of aromatic nitrogens is 1. The van der Waals surface area contributed by atoms with E-state index in [1.54, 1.807) is 14.2 Å². The van der Waals surface area contributed by atoms with Crippen molar-refractivity contribution in [2.45, 2.75) is 32.4 Å². The van der Waals surface area contributed by atoms with Gasteiger partial charge >= 0.3 is 0 Å². The molecule has 0 radical (unpaired) electrons. The number of carbonyl (C=O) groups is 1. The molecule has 1 aliphatic heterocycles. The number of hydrogen-bond acceptors (Lipinski definition) is 6. The topological polar surface area (TPSA) is 64.8 Å². The number of hydrogen-bond donors (Lipinski definition) is 0. The van der Waals surface area contributed by atoms with Gasteiger partial charge in [0, 0.05) is 43.6 Å². The van der Waals surface area contributed by atoms with Gasteiger partial charge in [0.2, 0.25) is 0 Å². The summed E-state index contributed by atoms with van der Waals surface area (Å²) in [5, 5.41) is 3.96. The summed E-state index contributed by atoms with van der Waals surface area (Å²) in [4.78, 5) is 14.2. The minimum Gasteiger partial charge on any atom is -0.497 e. The SMILES string of the molecule is COc1ccc(CN2CCC(=O)CC2c2cc(C)no2)c(OC)c1. The fraction of sp³-hybridized carbons (Fsp3) is 0.444. The number of likely N-dealkylation sites (tertiary alicyclic amines) is 1. The maximum atomic E-state index is 11.9. The molecule has 0 bridgehead atoms. The smallest absolute Gasteiger partial charge is 0.154 e. The number of ketones is 1. The molecule has 2 heterocycles. The molecular formula is C18H22N2O4. The standard InChI is InChI=1S/C18H22N2O4/c1-12-8-18(24-19-12)16-9-14(21)6-7-20(16)11-13-4-5-15(22-2)10-17(13)23-3/h4-5,8,10,16H,6-7,9,11H2,1-3H3. The quantitative estimate of drug-likeness (QED) is 0.840. The largest absolute Gasteiger partial charge is 0.497 e. The maximum absolute atomic E-state index is 11.9. The summed E-state index contributed by atoms with van der Waals surface area (Å²) in [7, 11) is 3.28. The Bertz CT molecular complexity index is 726. The zero-order valence-corrected chi connectivity index (χ0v) is 14.2. The number of carbonyl (C=O) groups excluding carboxylic acids is 1. The average molecular weight is 330 g/mol. The van der Waals surface area contributed by atoms with Crippen molar-refractivity contribution < 1.29 is 18.8 Å². The van der Waals surface area contributed by atoms with Gasteiger partial charge in [-0.15, -0.1) is 0 Å². The zero-order chi connectivity index (χ0) is 17.1. The van der Waals surface area contributed by atoms with Crippen LogP contribution in [0.25, 0.3) is 0 Å². The van der Waals surface area contributed by atoms with E-state index in [4.69, 9.17) is 14.0 Å². The number of ether oxygens (including phenoxy) is 2. The number of rotatable bonds is 5. The van der Waals surface area contributed by atoms with Gasteiger partial charge in [0.25, 0.3) is 0 Å². The average Bonchev–Trinajstić information content (AvgIpc) is 3.03. The van der Waals surface area contributed by atoms with Gasteiger partial charge in [-0.3, -0.25) is 9.69 Å². The van der Waals surface area contributed by atoms with E-state index in [0.29, 0.717) is 25.9 Å². The Labute approximate surface area is 141 Å². The lowest BCUT2D eigenvalue weighted by molar-refractivity contribution is -0.123. The molecule has 128 valence electrons. The van der Waals surface area contributed by atoms with Crippen LogP contribution in [0.15, 0.2) is 28.8 Å². The van der Waals surface area contributed by atoms with Gasteiger partial charge in [-0.05, 0) is 13.0 Å². The van der Waals surface area contributed by atoms with Crippen LogP contribution in [-0.2, 0) is 11.3 Å². The van der Waals surface area contributed by atoms with E-state index in [9.17, 15) is 4.79 Å². The van der Waals surface area contributed by atoms with E-state index >= 15 is 0 Å². The van der Waals surface area contributed by atoms with Gasteiger partial charge in [-0.25, -0.2) is 0 Å². The summed E-state index contributed by atoms with van der Waals surface area (Å²) in [6.07, 6.45) is 1.01. The van der Waals surface area contributed by atoms with Gasteiger partial charge in [0.05, 0.1) is 26.0 Å². The molecule has 2 aromatic rings. The molecule has 3 rings (SSSR count). The molecule has 1 fully saturated rings. The first-order valence-corrected chi connectivity index (χ1v) is 8.00. The second kappa shape index (κ2) is 7.05. The number of benzene rings is 1. The third-order valence-corrected chi connectivity index (χ3v) is 4.38. The van der Waals surface area contributed by atoms with Crippen molar-refractivity contribution >= 4 is 5.78 Å². The van der Waals surface area contributed by atoms with Crippen LogP contribution in [0.1, 0.15) is 35.9 Å². The summed E-state index contributed by atoms with van der Waals surface area (Å²) in [5.41, 5.74) is 1.87. The summed E-state index contributed by atoms with van der Waals surface area (Å²) in [5.74, 6) is 2.53. The van der Waals surface area contributed by atoms with Crippen LogP contribution >= 0.6 is 0 Å². The molecule has 6 heteroatoms. The van der Waals surface area contributed by atoms with Crippen LogP contribution in [0.3, 0.4) is 0 Å². The van der Waals surface area contributed by atoms with Crippen molar-refractivity contribution in [3.05, 3.63) is 41.3 Å². The minimum absolute atomic E-state index is 0.0840. The van der Waals surface area contributed by atoms with Crippen LogP contribution in [0.5, 0.6) is 11.5 Å². The van der Waals surface area contributed by atoms with Crippen molar-refractivity contribution in [2.24, 2.45) is 0 Å². The van der Waals surface area contributed by atoms with Crippen molar-refractivity contribution in [3.63, 3.8) is 0 Å². The fourth-order valence-electron chi connectivity index (χ4n) is 3.08. The molecule has 1 aromatic heterocycles. The first-order chi connectivity index (χ1) is 11.6. The van der Waals surface area contributed by atoms with Crippen molar-refractivity contribution in [2.75, 3.05) is 20.8 Å². The lowest BCUT2D eigenvalue weighted by Gasteiger charge is -2.33. The van der Waals surface area contributed by atoms with E-state index in [2.05, 4.69) is 10.1 Å². The van der Waals surface area contributed by atoms with Gasteiger partial charge < -0.3 is 14.0 Å². The molecule has 6 nitrogen and oxygen atoms in total. The Morgan fingerprint density at radius 3 is 2.79 bits per heavy atom. The Balaban J connectivity index is 1.85. The highest BCUT2D eigenvalue weighted by atomic mass is 16.5. The van der Waals surface area contributed by atoms with E-state index in [1.165, 1.54) is 0 Å². The van der Waals surface area contributed by atoms with Gasteiger partial charge in [0.15, 0.2) is 5.76 Å². The van der Waals surface area contributed by atoms with Gasteiger partial charge in [-0.1, -0.05) is 11.2 Å². The predicted octanol–water partition coefficient (Wildman–Crippen LogP) is 2.91.